The van der Waals surface area contributed by atoms with E-state index in [4.69, 9.17) is 37.4 Å². The Kier molecular flexibility index (Phi) is 9.22. The Balaban J connectivity index is 1.57. The predicted molar refractivity (Wildman–Crippen MR) is 168 cm³/mol. The zero-order chi connectivity index (χ0) is 30.0. The average Bonchev–Trinajstić information content (AvgIpc) is 3.26. The number of hydrogen-bond acceptors (Lipinski definition) is 7. The van der Waals surface area contributed by atoms with Crippen molar-refractivity contribution in [3.05, 3.63) is 123 Å². The molecule has 0 radical (unpaired) electrons. The number of nitrogens with zero attached hydrogens (tertiary/aromatic N) is 2. The van der Waals surface area contributed by atoms with Crippen LogP contribution in [-0.4, -0.2) is 24.3 Å². The van der Waals surface area contributed by atoms with Crippen molar-refractivity contribution in [2.24, 2.45) is 4.99 Å². The number of thiazole rings is 1. The summed E-state index contributed by atoms with van der Waals surface area (Å²) in [5.74, 6) is 0.478. The summed E-state index contributed by atoms with van der Waals surface area (Å²) in [6, 6.07) is 17.6. The van der Waals surface area contributed by atoms with Crippen molar-refractivity contribution in [1.82, 2.24) is 4.57 Å². The molecule has 0 saturated heterocycles. The van der Waals surface area contributed by atoms with Crippen LogP contribution in [0.2, 0.25) is 10.0 Å². The second-order valence-electron chi connectivity index (χ2n) is 9.27. The van der Waals surface area contributed by atoms with Gasteiger partial charge in [0, 0.05) is 15.6 Å². The van der Waals surface area contributed by atoms with E-state index in [2.05, 4.69) is 20.9 Å². The van der Waals surface area contributed by atoms with Gasteiger partial charge in [0.1, 0.15) is 6.61 Å². The maximum Gasteiger partial charge on any atom is 0.338 e. The highest BCUT2D eigenvalue weighted by Crippen LogP contribution is 2.38. The molecule has 0 aliphatic carbocycles. The fraction of sp³-hybridized carbons (Fsp3) is 0.194. The van der Waals surface area contributed by atoms with Gasteiger partial charge >= 0.3 is 5.97 Å². The number of benzene rings is 3. The summed E-state index contributed by atoms with van der Waals surface area (Å²) in [6.45, 7) is 4.24. The van der Waals surface area contributed by atoms with Crippen LogP contribution in [-0.2, 0) is 16.1 Å². The van der Waals surface area contributed by atoms with E-state index in [9.17, 15) is 9.59 Å². The molecule has 11 heteroatoms. The minimum Gasteiger partial charge on any atom is -0.490 e. The van der Waals surface area contributed by atoms with Crippen LogP contribution < -0.4 is 24.4 Å². The van der Waals surface area contributed by atoms with Crippen molar-refractivity contribution in [3.63, 3.8) is 0 Å². The molecule has 0 N–H and O–H groups in total. The summed E-state index contributed by atoms with van der Waals surface area (Å²) in [6.07, 6.45) is 1.77. The van der Waals surface area contributed by atoms with Gasteiger partial charge in [-0.25, -0.2) is 9.79 Å². The van der Waals surface area contributed by atoms with E-state index in [1.807, 2.05) is 55.5 Å². The van der Waals surface area contributed by atoms with Gasteiger partial charge in [-0.05, 0) is 71.2 Å². The standard InChI is InChI=1S/C31H25BrCl2N2O5S/c1-4-40-24-13-18(12-22(32)28(24)41-16-20-10-11-21(33)15-23(20)34)14-25-29(37)36-27(19-8-6-5-7-9-19)26(30(38)39-3)17(2)35-31(36)42-25/h5-15,27H,4,16H2,1-3H3/b25-14-/t27-/m0/s1. The van der Waals surface area contributed by atoms with Crippen molar-refractivity contribution in [1.29, 1.82) is 0 Å². The predicted octanol–water partition coefficient (Wildman–Crippen LogP) is 6.46. The summed E-state index contributed by atoms with van der Waals surface area (Å²) in [7, 11) is 1.32. The molecule has 7 nitrogen and oxygen atoms in total. The highest BCUT2D eigenvalue weighted by Gasteiger charge is 2.33. The molecule has 1 atom stereocenters. The summed E-state index contributed by atoms with van der Waals surface area (Å²) in [5.41, 5.74) is 2.83. The smallest absolute Gasteiger partial charge is 0.338 e. The molecule has 4 aromatic rings. The monoisotopic (exact) mass is 686 g/mol. The number of aromatic nitrogens is 1. The van der Waals surface area contributed by atoms with Crippen molar-refractivity contribution >= 4 is 62.5 Å². The van der Waals surface area contributed by atoms with E-state index in [0.717, 1.165) is 11.1 Å². The molecule has 2 heterocycles. The van der Waals surface area contributed by atoms with Crippen LogP contribution in [0.25, 0.3) is 6.08 Å². The molecule has 0 bridgehead atoms. The third-order valence-electron chi connectivity index (χ3n) is 6.56. The van der Waals surface area contributed by atoms with E-state index >= 15 is 0 Å². The van der Waals surface area contributed by atoms with Crippen LogP contribution in [0.3, 0.4) is 0 Å². The second kappa shape index (κ2) is 12.9. The minimum absolute atomic E-state index is 0.202. The van der Waals surface area contributed by atoms with Crippen molar-refractivity contribution < 1.29 is 19.0 Å². The van der Waals surface area contributed by atoms with Crippen molar-refractivity contribution in [2.45, 2.75) is 26.5 Å². The van der Waals surface area contributed by atoms with E-state index in [1.165, 1.54) is 18.4 Å². The summed E-state index contributed by atoms with van der Waals surface area (Å²) < 4.78 is 19.7. The van der Waals surface area contributed by atoms with E-state index in [-0.39, 0.29) is 12.2 Å². The lowest BCUT2D eigenvalue weighted by Crippen LogP contribution is -2.39. The number of ether oxygens (including phenoxy) is 3. The molecule has 0 amide bonds. The number of fused-ring (bicyclic) bond motifs is 1. The van der Waals surface area contributed by atoms with Crippen molar-refractivity contribution in [2.75, 3.05) is 13.7 Å². The number of carbonyl (C=O) groups excluding carboxylic acids is 1. The molecule has 1 aromatic heterocycles. The largest absolute Gasteiger partial charge is 0.490 e. The lowest BCUT2D eigenvalue weighted by Gasteiger charge is -2.24. The maximum absolute atomic E-state index is 13.9. The van der Waals surface area contributed by atoms with Gasteiger partial charge in [-0.1, -0.05) is 70.9 Å². The molecular formula is C31H25BrCl2N2O5S. The molecule has 0 spiro atoms. The van der Waals surface area contributed by atoms with E-state index in [0.29, 0.717) is 58.8 Å². The number of carbonyl (C=O) groups is 1. The second-order valence-corrected chi connectivity index (χ2v) is 12.0. The van der Waals surface area contributed by atoms with Gasteiger partial charge in [-0.15, -0.1) is 0 Å². The molecule has 1 aliphatic heterocycles. The van der Waals surface area contributed by atoms with Gasteiger partial charge in [0.25, 0.3) is 5.56 Å². The molecule has 1 aliphatic rings. The molecule has 0 unspecified atom stereocenters. The van der Waals surface area contributed by atoms with E-state index < -0.39 is 12.0 Å². The number of esters is 1. The molecule has 5 rings (SSSR count). The third kappa shape index (κ3) is 6.06. The van der Waals surface area contributed by atoms with Gasteiger partial charge in [0.2, 0.25) is 0 Å². The molecule has 0 fully saturated rings. The lowest BCUT2D eigenvalue weighted by molar-refractivity contribution is -0.136. The van der Waals surface area contributed by atoms with E-state index in [1.54, 1.807) is 29.7 Å². The number of methoxy groups -OCH3 is 1. The Morgan fingerprint density at radius 2 is 1.88 bits per heavy atom. The Morgan fingerprint density at radius 1 is 1.12 bits per heavy atom. The van der Waals surface area contributed by atoms with Gasteiger partial charge < -0.3 is 14.2 Å². The highest BCUT2D eigenvalue weighted by molar-refractivity contribution is 9.10. The first kappa shape index (κ1) is 30.1. The maximum atomic E-state index is 13.9. The quantitative estimate of drug-likeness (QED) is 0.199. The van der Waals surface area contributed by atoms with Crippen LogP contribution in [0.15, 0.2) is 86.2 Å². The topological polar surface area (TPSA) is 79.1 Å². The molecule has 3 aromatic carbocycles. The van der Waals surface area contributed by atoms with Crippen LogP contribution in [0.4, 0.5) is 0 Å². The Labute approximate surface area is 264 Å². The first-order valence-electron chi connectivity index (χ1n) is 12.9. The molecular weight excluding hydrogens is 663 g/mol. The fourth-order valence-corrected chi connectivity index (χ4v) is 6.74. The zero-order valence-electron chi connectivity index (χ0n) is 22.8. The zero-order valence-corrected chi connectivity index (χ0v) is 26.7. The summed E-state index contributed by atoms with van der Waals surface area (Å²) >= 11 is 17.2. The SMILES string of the molecule is CCOc1cc(/C=c2\sc3n(c2=O)[C@@H](c2ccccc2)C(C(=O)OC)=C(C)N=3)cc(Br)c1OCc1ccc(Cl)cc1Cl. The molecule has 216 valence electrons. The van der Waals surface area contributed by atoms with Gasteiger partial charge in [0.15, 0.2) is 16.3 Å². The van der Waals surface area contributed by atoms with Gasteiger partial charge in [-0.2, -0.15) is 0 Å². The molecule has 0 saturated carbocycles. The Hall–Kier alpha value is -3.37. The first-order valence-corrected chi connectivity index (χ1v) is 15.3. The molecule has 42 heavy (non-hydrogen) atoms. The van der Waals surface area contributed by atoms with Crippen LogP contribution in [0, 0.1) is 0 Å². The van der Waals surface area contributed by atoms with Crippen LogP contribution in [0.1, 0.15) is 36.6 Å². The lowest BCUT2D eigenvalue weighted by atomic mass is 9.96. The first-order chi connectivity index (χ1) is 20.2. The Morgan fingerprint density at radius 3 is 2.57 bits per heavy atom. The minimum atomic E-state index is -0.668. The summed E-state index contributed by atoms with van der Waals surface area (Å²) in [4.78, 5) is 31.8. The van der Waals surface area contributed by atoms with Crippen molar-refractivity contribution in [3.8, 4) is 11.5 Å². The highest BCUT2D eigenvalue weighted by atomic mass is 79.9. The normalized spacial score (nSPS) is 14.8. The van der Waals surface area contributed by atoms with Gasteiger partial charge in [-0.3, -0.25) is 9.36 Å². The number of allylic oxidation sites excluding steroid dienone is 1. The fourth-order valence-electron chi connectivity index (χ4n) is 4.66. The van der Waals surface area contributed by atoms with Crippen LogP contribution in [0.5, 0.6) is 11.5 Å². The van der Waals surface area contributed by atoms with Crippen LogP contribution >= 0.6 is 50.5 Å². The van der Waals surface area contributed by atoms with Gasteiger partial charge in [0.05, 0.1) is 40.0 Å². The number of rotatable bonds is 8. The average molecular weight is 688 g/mol. The summed E-state index contributed by atoms with van der Waals surface area (Å²) in [5, 5.41) is 1.05. The number of halogens is 3. The third-order valence-corrected chi connectivity index (χ3v) is 8.72. The number of hydrogen-bond donors (Lipinski definition) is 0. The Bertz CT molecular complexity index is 1890.